The molecule has 0 aliphatic heterocycles. The number of nitrogens with one attached hydrogen (secondary N) is 1. The number of carbonyl (C=O) groups excluding carboxylic acids is 2. The van der Waals surface area contributed by atoms with E-state index in [0.29, 0.717) is 29.3 Å². The van der Waals surface area contributed by atoms with Gasteiger partial charge < -0.3 is 15.0 Å². The molecule has 0 aliphatic rings. The topological polar surface area (TPSA) is 139 Å². The van der Waals surface area contributed by atoms with Gasteiger partial charge in [-0.05, 0) is 67.8 Å². The highest BCUT2D eigenvalue weighted by Crippen LogP contribution is 2.30. The normalized spacial score (nSPS) is 11.9. The Balaban J connectivity index is 2.12. The number of carbonyl (C=O) groups is 2. The highest BCUT2D eigenvalue weighted by Gasteiger charge is 2.34. The van der Waals surface area contributed by atoms with E-state index < -0.39 is 39.3 Å². The molecular formula is C30H34Cl2N4O7S. The fraction of sp³-hybridized carbons (Fsp3) is 0.333. The standard InChI is InChI=1S/C30H34Cl2N4O7S/c1-5-15-33-30(38)27(6-2)34(18-21-8-14-25(31)26(32)16-21)29(37)19-35(22-9-11-23(43-4)12-10-22)44(41,42)24-13-7-20(3)28(17-24)36(39)40/h7-14,16-17,27H,5-6,15,18-19H2,1-4H3,(H,33,38). The van der Waals surface area contributed by atoms with Crippen LogP contribution in [0.5, 0.6) is 5.75 Å². The summed E-state index contributed by atoms with van der Waals surface area (Å²) in [6, 6.07) is 13.4. The Bertz CT molecular complexity index is 1620. The minimum Gasteiger partial charge on any atom is -0.497 e. The Morgan fingerprint density at radius 3 is 2.27 bits per heavy atom. The molecule has 1 N–H and O–H groups in total. The lowest BCUT2D eigenvalue weighted by atomic mass is 10.1. The molecule has 0 aliphatic carbocycles. The molecule has 3 aromatic rings. The predicted octanol–water partition coefficient (Wildman–Crippen LogP) is 5.75. The van der Waals surface area contributed by atoms with E-state index in [0.717, 1.165) is 10.4 Å². The molecule has 0 spiro atoms. The van der Waals surface area contributed by atoms with Gasteiger partial charge in [0.1, 0.15) is 18.3 Å². The van der Waals surface area contributed by atoms with Gasteiger partial charge in [0.05, 0.1) is 32.7 Å². The van der Waals surface area contributed by atoms with Crippen LogP contribution >= 0.6 is 23.2 Å². The molecule has 2 amide bonds. The summed E-state index contributed by atoms with van der Waals surface area (Å²) >= 11 is 12.3. The summed E-state index contributed by atoms with van der Waals surface area (Å²) in [5.74, 6) is -0.630. The molecule has 3 aromatic carbocycles. The van der Waals surface area contributed by atoms with E-state index >= 15 is 0 Å². The van der Waals surface area contributed by atoms with Crippen LogP contribution in [0.4, 0.5) is 11.4 Å². The number of aryl methyl sites for hydroxylation is 1. The lowest BCUT2D eigenvalue weighted by molar-refractivity contribution is -0.385. The molecule has 0 saturated carbocycles. The third-order valence-electron chi connectivity index (χ3n) is 6.88. The largest absolute Gasteiger partial charge is 0.497 e. The summed E-state index contributed by atoms with van der Waals surface area (Å²) < 4.78 is 34.2. The minimum atomic E-state index is -4.53. The van der Waals surface area contributed by atoms with Crippen molar-refractivity contribution in [2.75, 3.05) is 24.5 Å². The van der Waals surface area contributed by atoms with Gasteiger partial charge in [0, 0.05) is 24.7 Å². The van der Waals surface area contributed by atoms with Crippen LogP contribution in [0.2, 0.25) is 10.0 Å². The van der Waals surface area contributed by atoms with Crippen LogP contribution in [-0.4, -0.2) is 56.3 Å². The fourth-order valence-corrected chi connectivity index (χ4v) is 6.23. The number of methoxy groups -OCH3 is 1. The first-order chi connectivity index (χ1) is 20.8. The van der Waals surface area contributed by atoms with Gasteiger partial charge in [-0.2, -0.15) is 0 Å². The van der Waals surface area contributed by atoms with Crippen molar-refractivity contribution >= 4 is 56.4 Å². The number of nitro benzene ring substituents is 1. The second-order valence-corrected chi connectivity index (χ2v) is 12.6. The van der Waals surface area contributed by atoms with Crippen molar-refractivity contribution < 1.29 is 27.7 Å². The number of rotatable bonds is 14. The first-order valence-electron chi connectivity index (χ1n) is 13.8. The molecular weight excluding hydrogens is 631 g/mol. The number of amides is 2. The molecule has 0 aromatic heterocycles. The van der Waals surface area contributed by atoms with Crippen molar-refractivity contribution in [1.82, 2.24) is 10.2 Å². The van der Waals surface area contributed by atoms with Crippen LogP contribution in [0.25, 0.3) is 0 Å². The third-order valence-corrected chi connectivity index (χ3v) is 9.39. The Morgan fingerprint density at radius 1 is 1.02 bits per heavy atom. The molecule has 0 radical (unpaired) electrons. The van der Waals surface area contributed by atoms with E-state index in [1.54, 1.807) is 25.1 Å². The summed E-state index contributed by atoms with van der Waals surface area (Å²) in [6.45, 7) is 4.74. The van der Waals surface area contributed by atoms with Crippen molar-refractivity contribution in [2.24, 2.45) is 0 Å². The number of halogens is 2. The molecule has 1 atom stereocenters. The summed E-state index contributed by atoms with van der Waals surface area (Å²) in [5, 5.41) is 15.0. The van der Waals surface area contributed by atoms with Gasteiger partial charge in [0.25, 0.3) is 15.7 Å². The summed E-state index contributed by atoms with van der Waals surface area (Å²) in [7, 11) is -3.07. The number of sulfonamides is 1. The number of nitro groups is 1. The highest BCUT2D eigenvalue weighted by molar-refractivity contribution is 7.92. The van der Waals surface area contributed by atoms with Crippen LogP contribution in [0.15, 0.2) is 65.6 Å². The second kappa shape index (κ2) is 15.2. The van der Waals surface area contributed by atoms with E-state index in [4.69, 9.17) is 27.9 Å². The summed E-state index contributed by atoms with van der Waals surface area (Å²) in [5.41, 5.74) is 0.576. The molecule has 1 unspecified atom stereocenters. The lowest BCUT2D eigenvalue weighted by Crippen LogP contribution is -2.52. The average molecular weight is 666 g/mol. The minimum absolute atomic E-state index is 0.0692. The Morgan fingerprint density at radius 2 is 1.70 bits per heavy atom. The Hall–Kier alpha value is -3.87. The zero-order chi connectivity index (χ0) is 32.6. The van der Waals surface area contributed by atoms with Crippen LogP contribution in [0.1, 0.15) is 37.8 Å². The molecule has 0 bridgehead atoms. The van der Waals surface area contributed by atoms with Crippen LogP contribution in [-0.2, 0) is 26.2 Å². The molecule has 236 valence electrons. The molecule has 11 nitrogen and oxygen atoms in total. The predicted molar refractivity (Wildman–Crippen MR) is 170 cm³/mol. The summed E-state index contributed by atoms with van der Waals surface area (Å²) in [4.78, 5) is 39.2. The lowest BCUT2D eigenvalue weighted by Gasteiger charge is -2.33. The number of benzene rings is 3. The molecule has 0 fully saturated rings. The number of hydrogen-bond acceptors (Lipinski definition) is 7. The number of anilines is 1. The zero-order valence-corrected chi connectivity index (χ0v) is 27.1. The highest BCUT2D eigenvalue weighted by atomic mass is 35.5. The second-order valence-electron chi connectivity index (χ2n) is 9.90. The zero-order valence-electron chi connectivity index (χ0n) is 24.7. The van der Waals surface area contributed by atoms with Gasteiger partial charge in [-0.25, -0.2) is 8.42 Å². The SMILES string of the molecule is CCCNC(=O)C(CC)N(Cc1ccc(Cl)c(Cl)c1)C(=O)CN(c1ccc(OC)cc1)S(=O)(=O)c1ccc(C)c([N+](=O)[O-])c1. The number of nitrogens with zero attached hydrogens (tertiary/aromatic N) is 3. The monoisotopic (exact) mass is 664 g/mol. The van der Waals surface area contributed by atoms with E-state index in [1.807, 2.05) is 6.92 Å². The van der Waals surface area contributed by atoms with Crippen molar-refractivity contribution in [3.63, 3.8) is 0 Å². The van der Waals surface area contributed by atoms with Crippen molar-refractivity contribution in [1.29, 1.82) is 0 Å². The smallest absolute Gasteiger partial charge is 0.273 e. The van der Waals surface area contributed by atoms with Gasteiger partial charge in [0.15, 0.2) is 0 Å². The summed E-state index contributed by atoms with van der Waals surface area (Å²) in [6.07, 6.45) is 0.914. The number of ether oxygens (including phenoxy) is 1. The maximum atomic E-state index is 14.1. The Labute approximate surface area is 266 Å². The number of hydrogen-bond donors (Lipinski definition) is 1. The van der Waals surface area contributed by atoms with Gasteiger partial charge >= 0.3 is 0 Å². The maximum absolute atomic E-state index is 14.1. The average Bonchev–Trinajstić information content (AvgIpc) is 3.00. The van der Waals surface area contributed by atoms with E-state index in [-0.39, 0.29) is 39.8 Å². The molecule has 0 heterocycles. The van der Waals surface area contributed by atoms with Gasteiger partial charge in [-0.3, -0.25) is 24.0 Å². The van der Waals surface area contributed by atoms with Gasteiger partial charge in [-0.1, -0.05) is 49.2 Å². The van der Waals surface area contributed by atoms with Crippen molar-refractivity contribution in [3.8, 4) is 5.75 Å². The van der Waals surface area contributed by atoms with E-state index in [2.05, 4.69) is 5.32 Å². The maximum Gasteiger partial charge on any atom is 0.273 e. The molecule has 14 heteroatoms. The first kappa shape index (κ1) is 34.6. The quantitative estimate of drug-likeness (QED) is 0.171. The Kier molecular flexibility index (Phi) is 12.0. The van der Waals surface area contributed by atoms with Crippen molar-refractivity contribution in [2.45, 2.75) is 51.1 Å². The van der Waals surface area contributed by atoms with Crippen molar-refractivity contribution in [3.05, 3.63) is 92.0 Å². The first-order valence-corrected chi connectivity index (χ1v) is 16.0. The van der Waals surface area contributed by atoms with E-state index in [1.165, 1.54) is 55.3 Å². The van der Waals surface area contributed by atoms with Crippen LogP contribution in [0, 0.1) is 17.0 Å². The van der Waals surface area contributed by atoms with Crippen LogP contribution in [0.3, 0.4) is 0 Å². The van der Waals surface area contributed by atoms with E-state index in [9.17, 15) is 28.1 Å². The fourth-order valence-electron chi connectivity index (χ4n) is 4.47. The molecule has 3 rings (SSSR count). The molecule has 44 heavy (non-hydrogen) atoms. The third kappa shape index (κ3) is 8.19. The van der Waals surface area contributed by atoms with Crippen LogP contribution < -0.4 is 14.4 Å². The van der Waals surface area contributed by atoms with Gasteiger partial charge in [-0.15, -0.1) is 0 Å². The molecule has 0 saturated heterocycles. The van der Waals surface area contributed by atoms with Gasteiger partial charge in [0.2, 0.25) is 11.8 Å².